The van der Waals surface area contributed by atoms with Gasteiger partial charge in [0.1, 0.15) is 11.5 Å². The minimum atomic E-state index is -2.63. The van der Waals surface area contributed by atoms with Crippen molar-refractivity contribution in [2.24, 2.45) is 0 Å². The highest BCUT2D eigenvalue weighted by atomic mass is 19.3. The smallest absolute Gasteiger partial charge is 0.306 e. The van der Waals surface area contributed by atoms with Crippen molar-refractivity contribution in [1.29, 1.82) is 0 Å². The van der Waals surface area contributed by atoms with Crippen LogP contribution in [-0.4, -0.2) is 14.2 Å². The molecule has 0 aliphatic rings. The van der Waals surface area contributed by atoms with Crippen LogP contribution in [0.15, 0.2) is 24.3 Å². The molecule has 0 amide bonds. The Bertz CT molecular complexity index is 520. The second-order valence-electron chi connectivity index (χ2n) is 3.40. The lowest BCUT2D eigenvalue weighted by Gasteiger charge is -2.12. The van der Waals surface area contributed by atoms with Crippen LogP contribution in [0.1, 0.15) is 11.1 Å². The first-order valence-electron chi connectivity index (χ1n) is 5.01. The zero-order valence-corrected chi connectivity index (χ0v) is 10.2. The highest BCUT2D eigenvalue weighted by molar-refractivity contribution is 5.74. The van der Waals surface area contributed by atoms with E-state index in [4.69, 9.17) is 0 Å². The fraction of sp³-hybridized carbons (Fsp3) is 0.167. The summed E-state index contributed by atoms with van der Waals surface area (Å²) in [4.78, 5) is 0. The Hall–Kier alpha value is -2.12. The maximum atomic E-state index is 13.3. The van der Waals surface area contributed by atoms with Crippen LogP contribution in [0, 0.1) is 0 Å². The van der Waals surface area contributed by atoms with Gasteiger partial charge in [0.2, 0.25) is 0 Å². The molecule has 0 saturated carbocycles. The van der Waals surface area contributed by atoms with E-state index in [1.807, 2.05) is 0 Å². The number of hydrogen-bond donors (Lipinski definition) is 0. The molecular formula is C12H8F6O2. The second kappa shape index (κ2) is 6.36. The molecule has 1 aromatic carbocycles. The molecule has 0 saturated heterocycles. The SMILES string of the molecule is COc1cc(C(F)=C(F)F)c(OC)cc1C(F)=C(F)F. The van der Waals surface area contributed by atoms with Gasteiger partial charge in [-0.1, -0.05) is 0 Å². The van der Waals surface area contributed by atoms with Gasteiger partial charge in [-0.15, -0.1) is 0 Å². The van der Waals surface area contributed by atoms with E-state index in [1.54, 1.807) is 0 Å². The van der Waals surface area contributed by atoms with Gasteiger partial charge >= 0.3 is 12.2 Å². The van der Waals surface area contributed by atoms with Crippen LogP contribution in [0.2, 0.25) is 0 Å². The Morgan fingerprint density at radius 2 is 1.00 bits per heavy atom. The number of methoxy groups -OCH3 is 2. The lowest BCUT2D eigenvalue weighted by Crippen LogP contribution is -1.97. The first-order chi connectivity index (χ1) is 9.33. The fourth-order valence-electron chi connectivity index (χ4n) is 1.44. The molecule has 0 bridgehead atoms. The summed E-state index contributed by atoms with van der Waals surface area (Å²) in [6, 6.07) is 1.29. The van der Waals surface area contributed by atoms with E-state index in [2.05, 4.69) is 9.47 Å². The van der Waals surface area contributed by atoms with E-state index < -0.39 is 46.4 Å². The first-order valence-corrected chi connectivity index (χ1v) is 5.01. The third-order valence-electron chi connectivity index (χ3n) is 2.33. The van der Waals surface area contributed by atoms with Crippen molar-refractivity contribution in [2.75, 3.05) is 14.2 Å². The van der Waals surface area contributed by atoms with Gasteiger partial charge in [0.05, 0.1) is 25.3 Å². The van der Waals surface area contributed by atoms with Crippen LogP contribution in [0.5, 0.6) is 11.5 Å². The van der Waals surface area contributed by atoms with Crippen LogP contribution in [0.3, 0.4) is 0 Å². The molecule has 0 aliphatic heterocycles. The van der Waals surface area contributed by atoms with Crippen LogP contribution in [0.25, 0.3) is 11.7 Å². The molecular weight excluding hydrogens is 290 g/mol. The number of rotatable bonds is 4. The number of benzene rings is 1. The molecule has 0 N–H and O–H groups in total. The molecule has 20 heavy (non-hydrogen) atoms. The van der Waals surface area contributed by atoms with Gasteiger partial charge in [0.25, 0.3) is 0 Å². The molecule has 0 unspecified atom stereocenters. The molecule has 1 aromatic rings. The molecule has 110 valence electrons. The fourth-order valence-corrected chi connectivity index (χ4v) is 1.44. The van der Waals surface area contributed by atoms with Gasteiger partial charge in [-0.3, -0.25) is 0 Å². The van der Waals surface area contributed by atoms with Crippen molar-refractivity contribution in [3.8, 4) is 11.5 Å². The quantitative estimate of drug-likeness (QED) is 0.745. The van der Waals surface area contributed by atoms with Gasteiger partial charge in [-0.05, 0) is 12.1 Å². The second-order valence-corrected chi connectivity index (χ2v) is 3.40. The van der Waals surface area contributed by atoms with Crippen molar-refractivity contribution in [1.82, 2.24) is 0 Å². The summed E-state index contributed by atoms with van der Waals surface area (Å²) >= 11 is 0. The Morgan fingerprint density at radius 3 is 1.20 bits per heavy atom. The van der Waals surface area contributed by atoms with Crippen LogP contribution >= 0.6 is 0 Å². The van der Waals surface area contributed by atoms with Crippen molar-refractivity contribution >= 4 is 11.7 Å². The molecule has 2 nitrogen and oxygen atoms in total. The van der Waals surface area contributed by atoms with Crippen molar-refractivity contribution in [3.05, 3.63) is 35.4 Å². The van der Waals surface area contributed by atoms with E-state index in [1.165, 1.54) is 0 Å². The zero-order valence-electron chi connectivity index (χ0n) is 10.2. The third-order valence-corrected chi connectivity index (χ3v) is 2.33. The Balaban J connectivity index is 3.63. The largest absolute Gasteiger partial charge is 0.496 e. The Kier molecular flexibility index (Phi) is 5.06. The van der Waals surface area contributed by atoms with E-state index >= 15 is 0 Å². The van der Waals surface area contributed by atoms with Crippen LogP contribution in [-0.2, 0) is 0 Å². The van der Waals surface area contributed by atoms with Crippen molar-refractivity contribution < 1.29 is 35.8 Å². The summed E-state index contributed by atoms with van der Waals surface area (Å²) in [7, 11) is 1.98. The lowest BCUT2D eigenvalue weighted by molar-refractivity contribution is 0.388. The van der Waals surface area contributed by atoms with E-state index in [-0.39, 0.29) is 0 Å². The molecule has 0 aromatic heterocycles. The number of ether oxygens (including phenoxy) is 2. The summed E-state index contributed by atoms with van der Waals surface area (Å²) in [5, 5.41) is 0. The summed E-state index contributed by atoms with van der Waals surface area (Å²) in [6.07, 6.45) is -5.27. The van der Waals surface area contributed by atoms with Gasteiger partial charge in [-0.2, -0.15) is 17.6 Å². The third kappa shape index (κ3) is 3.06. The zero-order chi connectivity index (χ0) is 15.4. The number of halogens is 6. The van der Waals surface area contributed by atoms with E-state index in [9.17, 15) is 26.3 Å². The van der Waals surface area contributed by atoms with Gasteiger partial charge < -0.3 is 9.47 Å². The first kappa shape index (κ1) is 15.9. The van der Waals surface area contributed by atoms with Gasteiger partial charge in [-0.25, -0.2) is 8.78 Å². The van der Waals surface area contributed by atoms with Gasteiger partial charge in [0.15, 0.2) is 11.7 Å². The van der Waals surface area contributed by atoms with E-state index in [0.717, 1.165) is 14.2 Å². The van der Waals surface area contributed by atoms with Gasteiger partial charge in [0, 0.05) is 0 Å². The molecule has 0 aliphatic carbocycles. The summed E-state index contributed by atoms with van der Waals surface area (Å²) in [5.74, 6) is -4.92. The molecule has 0 heterocycles. The lowest BCUT2D eigenvalue weighted by atomic mass is 10.1. The Morgan fingerprint density at radius 1 is 0.700 bits per heavy atom. The van der Waals surface area contributed by atoms with Crippen LogP contribution in [0.4, 0.5) is 26.3 Å². The monoisotopic (exact) mass is 298 g/mol. The number of hydrogen-bond acceptors (Lipinski definition) is 2. The van der Waals surface area contributed by atoms with Crippen molar-refractivity contribution in [3.63, 3.8) is 0 Å². The maximum absolute atomic E-state index is 13.3. The normalized spacial score (nSPS) is 10.0. The molecule has 8 heteroatoms. The van der Waals surface area contributed by atoms with Crippen LogP contribution < -0.4 is 9.47 Å². The average molecular weight is 298 g/mol. The topological polar surface area (TPSA) is 18.5 Å². The standard InChI is InChI=1S/C12H8F6O2/c1-19-7-3-6(10(14)12(17)18)8(20-2)4-5(7)9(13)11(15)16/h3-4H,1-2H3. The molecule has 1 rings (SSSR count). The predicted octanol–water partition coefficient (Wildman–Crippen LogP) is 4.77. The summed E-state index contributed by atoms with van der Waals surface area (Å²) in [5.41, 5.74) is -1.47. The van der Waals surface area contributed by atoms with Crippen molar-refractivity contribution in [2.45, 2.75) is 0 Å². The minimum Gasteiger partial charge on any atom is -0.496 e. The highest BCUT2D eigenvalue weighted by Crippen LogP contribution is 2.39. The highest BCUT2D eigenvalue weighted by Gasteiger charge is 2.22. The predicted molar refractivity (Wildman–Crippen MR) is 60.0 cm³/mol. The van der Waals surface area contributed by atoms with E-state index in [0.29, 0.717) is 12.1 Å². The maximum Gasteiger partial charge on any atom is 0.306 e. The minimum absolute atomic E-state index is 0.539. The summed E-state index contributed by atoms with van der Waals surface area (Å²) in [6.45, 7) is 0. The molecule has 0 atom stereocenters. The Labute approximate surface area is 109 Å². The summed E-state index contributed by atoms with van der Waals surface area (Å²) < 4.78 is 84.7. The molecule has 0 spiro atoms. The molecule has 0 fully saturated rings. The average Bonchev–Trinajstić information content (AvgIpc) is 2.43. The molecule has 0 radical (unpaired) electrons.